The zero-order valence-corrected chi connectivity index (χ0v) is 9.88. The second-order valence-electron chi connectivity index (χ2n) is 3.64. The highest BCUT2D eigenvalue weighted by Gasteiger charge is 2.27. The van der Waals surface area contributed by atoms with Gasteiger partial charge in [0.25, 0.3) is 0 Å². The lowest BCUT2D eigenvalue weighted by Gasteiger charge is -2.21. The van der Waals surface area contributed by atoms with E-state index in [1.807, 2.05) is 6.92 Å². The fraction of sp³-hybridized carbons (Fsp3) is 0.727. The molecule has 0 aromatic carbocycles. The molecule has 0 aliphatic heterocycles. The van der Waals surface area contributed by atoms with Gasteiger partial charge >= 0.3 is 5.97 Å². The Morgan fingerprint density at radius 3 is 2.60 bits per heavy atom. The molecule has 0 fully saturated rings. The van der Waals surface area contributed by atoms with Gasteiger partial charge in [0.2, 0.25) is 0 Å². The third-order valence-electron chi connectivity index (χ3n) is 2.36. The van der Waals surface area contributed by atoms with Crippen LogP contribution in [-0.4, -0.2) is 23.1 Å². The van der Waals surface area contributed by atoms with Gasteiger partial charge in [-0.05, 0) is 25.7 Å². The van der Waals surface area contributed by atoms with Crippen molar-refractivity contribution >= 4 is 17.6 Å². The van der Waals surface area contributed by atoms with Crippen LogP contribution in [0.25, 0.3) is 0 Å². The minimum Gasteiger partial charge on any atom is -0.481 e. The van der Waals surface area contributed by atoms with Crippen LogP contribution in [0.3, 0.4) is 0 Å². The molecule has 0 bridgehead atoms. The lowest BCUT2D eigenvalue weighted by Crippen LogP contribution is -2.27. The molecular weight excluding hydrogens is 219 g/mol. The second kappa shape index (κ2) is 7.69. The molecule has 0 aromatic rings. The zero-order chi connectivity index (χ0) is 11.8. The molecule has 1 N–H and O–H groups in total. The molecule has 0 aromatic heterocycles. The highest BCUT2D eigenvalue weighted by atomic mass is 35.5. The third kappa shape index (κ3) is 5.17. The van der Waals surface area contributed by atoms with Crippen LogP contribution < -0.4 is 0 Å². The van der Waals surface area contributed by atoms with Crippen LogP contribution in [0.4, 0.5) is 4.39 Å². The average molecular weight is 237 g/mol. The molecule has 0 spiro atoms. The summed E-state index contributed by atoms with van der Waals surface area (Å²) in [6.07, 6.45) is 4.31. The third-order valence-corrected chi connectivity index (χ3v) is 3.07. The summed E-state index contributed by atoms with van der Waals surface area (Å²) in [5.41, 5.74) is 0. The molecule has 3 unspecified atom stereocenters. The maximum absolute atomic E-state index is 12.0. The van der Waals surface area contributed by atoms with Gasteiger partial charge in [-0.15, -0.1) is 11.6 Å². The summed E-state index contributed by atoms with van der Waals surface area (Å²) >= 11 is 6.05. The van der Waals surface area contributed by atoms with Crippen molar-refractivity contribution in [3.8, 4) is 0 Å². The minimum absolute atomic E-state index is 0.000262. The number of hydrogen-bond acceptors (Lipinski definition) is 1. The van der Waals surface area contributed by atoms with E-state index in [1.165, 1.54) is 0 Å². The Bertz CT molecular complexity index is 219. The molecule has 3 atom stereocenters. The summed E-state index contributed by atoms with van der Waals surface area (Å²) in [6, 6.07) is 0. The molecule has 0 rings (SSSR count). The first-order valence-electron chi connectivity index (χ1n) is 5.10. The highest BCUT2D eigenvalue weighted by molar-refractivity contribution is 6.22. The van der Waals surface area contributed by atoms with Crippen molar-refractivity contribution in [3.63, 3.8) is 0 Å². The summed E-state index contributed by atoms with van der Waals surface area (Å²) in [6.45, 7) is 3.23. The molecule has 15 heavy (non-hydrogen) atoms. The van der Waals surface area contributed by atoms with Crippen molar-refractivity contribution in [3.05, 3.63) is 12.2 Å². The zero-order valence-electron chi connectivity index (χ0n) is 9.12. The molecular formula is C11H18ClFO2. The van der Waals surface area contributed by atoms with Crippen LogP contribution in [0.2, 0.25) is 0 Å². The monoisotopic (exact) mass is 236 g/mol. The number of rotatable bonds is 7. The minimum atomic E-state index is -0.930. The van der Waals surface area contributed by atoms with Gasteiger partial charge in [-0.2, -0.15) is 0 Å². The van der Waals surface area contributed by atoms with E-state index in [0.717, 1.165) is 0 Å². The Balaban J connectivity index is 4.34. The summed E-state index contributed by atoms with van der Waals surface area (Å²) in [7, 11) is 0. The summed E-state index contributed by atoms with van der Waals surface area (Å²) < 4.78 is 12.0. The van der Waals surface area contributed by atoms with Crippen LogP contribution in [0.5, 0.6) is 0 Å². The number of carboxylic acid groups (broad SMARTS) is 1. The summed E-state index contributed by atoms with van der Waals surface area (Å²) in [5, 5.41) is 8.46. The number of hydrogen-bond donors (Lipinski definition) is 1. The van der Waals surface area contributed by atoms with Crippen LogP contribution in [0, 0.1) is 11.8 Å². The van der Waals surface area contributed by atoms with Crippen molar-refractivity contribution in [1.29, 1.82) is 0 Å². The van der Waals surface area contributed by atoms with Crippen molar-refractivity contribution in [1.82, 2.24) is 0 Å². The predicted molar refractivity (Wildman–Crippen MR) is 60.0 cm³/mol. The SMILES string of the molecule is C/C=C/C(C(=O)O)C(Cl)C(C)CCCF. The predicted octanol–water partition coefficient (Wildman–Crippen LogP) is 3.26. The normalized spacial score (nSPS) is 17.6. The van der Waals surface area contributed by atoms with E-state index in [2.05, 4.69) is 0 Å². The molecule has 88 valence electrons. The Kier molecular flexibility index (Phi) is 7.39. The number of halogens is 2. The smallest absolute Gasteiger partial charge is 0.311 e. The molecule has 0 saturated carbocycles. The number of carboxylic acids is 1. The van der Waals surface area contributed by atoms with E-state index in [9.17, 15) is 9.18 Å². The number of alkyl halides is 2. The maximum Gasteiger partial charge on any atom is 0.311 e. The molecule has 0 heterocycles. The van der Waals surface area contributed by atoms with Gasteiger partial charge < -0.3 is 5.11 Å². The fourth-order valence-electron chi connectivity index (χ4n) is 1.44. The molecule has 0 aliphatic carbocycles. The molecule has 0 aliphatic rings. The highest BCUT2D eigenvalue weighted by Crippen LogP contribution is 2.25. The van der Waals surface area contributed by atoms with Crippen molar-refractivity contribution in [2.24, 2.45) is 11.8 Å². The molecule has 4 heteroatoms. The summed E-state index contributed by atoms with van der Waals surface area (Å²) in [4.78, 5) is 10.9. The van der Waals surface area contributed by atoms with Gasteiger partial charge in [0.1, 0.15) is 0 Å². The number of carbonyl (C=O) groups is 1. The van der Waals surface area contributed by atoms with E-state index in [4.69, 9.17) is 16.7 Å². The summed E-state index contributed by atoms with van der Waals surface area (Å²) in [5.74, 6) is -1.62. The largest absolute Gasteiger partial charge is 0.481 e. The van der Waals surface area contributed by atoms with Crippen molar-refractivity contribution < 1.29 is 14.3 Å². The Morgan fingerprint density at radius 2 is 2.20 bits per heavy atom. The topological polar surface area (TPSA) is 37.3 Å². The fourth-order valence-corrected chi connectivity index (χ4v) is 1.76. The van der Waals surface area contributed by atoms with Crippen molar-refractivity contribution in [2.75, 3.05) is 6.67 Å². The van der Waals surface area contributed by atoms with Crippen LogP contribution in [0.15, 0.2) is 12.2 Å². The van der Waals surface area contributed by atoms with Crippen LogP contribution >= 0.6 is 11.6 Å². The maximum atomic E-state index is 12.0. The molecule has 0 saturated heterocycles. The molecule has 2 nitrogen and oxygen atoms in total. The van der Waals surface area contributed by atoms with Crippen molar-refractivity contribution in [2.45, 2.75) is 32.1 Å². The average Bonchev–Trinajstić information content (AvgIpc) is 2.21. The van der Waals surface area contributed by atoms with E-state index in [1.54, 1.807) is 19.1 Å². The van der Waals surface area contributed by atoms with Gasteiger partial charge in [0.05, 0.1) is 18.0 Å². The Labute approximate surface area is 95.1 Å². The standard InChI is InChI=1S/C11H18ClFO2/c1-3-5-9(11(14)15)10(12)8(2)6-4-7-13/h3,5,8-10H,4,6-7H2,1-2H3,(H,14,15)/b5-3+. The van der Waals surface area contributed by atoms with E-state index in [0.29, 0.717) is 12.8 Å². The first-order valence-corrected chi connectivity index (χ1v) is 5.53. The Morgan fingerprint density at radius 1 is 1.60 bits per heavy atom. The van der Waals surface area contributed by atoms with Gasteiger partial charge in [-0.1, -0.05) is 19.1 Å². The lowest BCUT2D eigenvalue weighted by atomic mass is 9.91. The first-order chi connectivity index (χ1) is 7.04. The van der Waals surface area contributed by atoms with Crippen LogP contribution in [0.1, 0.15) is 26.7 Å². The van der Waals surface area contributed by atoms with Gasteiger partial charge in [-0.25, -0.2) is 0 Å². The number of allylic oxidation sites excluding steroid dienone is 1. The van der Waals surface area contributed by atoms with Gasteiger partial charge in [-0.3, -0.25) is 9.18 Å². The Hall–Kier alpha value is -0.570. The first kappa shape index (κ1) is 14.4. The van der Waals surface area contributed by atoms with E-state index < -0.39 is 17.3 Å². The van der Waals surface area contributed by atoms with E-state index in [-0.39, 0.29) is 12.6 Å². The second-order valence-corrected chi connectivity index (χ2v) is 4.15. The quantitative estimate of drug-likeness (QED) is 0.544. The molecule has 0 amide bonds. The van der Waals surface area contributed by atoms with E-state index >= 15 is 0 Å². The molecule has 0 radical (unpaired) electrons. The number of aliphatic carboxylic acids is 1. The van der Waals surface area contributed by atoms with Gasteiger partial charge in [0, 0.05) is 0 Å². The van der Waals surface area contributed by atoms with Gasteiger partial charge in [0.15, 0.2) is 0 Å². The van der Waals surface area contributed by atoms with Crippen LogP contribution in [-0.2, 0) is 4.79 Å². The lowest BCUT2D eigenvalue weighted by molar-refractivity contribution is -0.140.